The molecule has 0 aliphatic carbocycles. The van der Waals surface area contributed by atoms with E-state index in [2.05, 4.69) is 15.9 Å². The van der Waals surface area contributed by atoms with Gasteiger partial charge < -0.3 is 5.11 Å². The Morgan fingerprint density at radius 1 is 1.00 bits per heavy atom. The van der Waals surface area contributed by atoms with Crippen molar-refractivity contribution in [3.05, 3.63) is 69.9 Å². The lowest BCUT2D eigenvalue weighted by atomic mass is 10.0. The van der Waals surface area contributed by atoms with E-state index in [4.69, 9.17) is 0 Å². The number of aliphatic hydroxyl groups excluding tert-OH is 1. The Balaban J connectivity index is 2.34. The second kappa shape index (κ2) is 4.76. The molecule has 1 atom stereocenters. The molecule has 0 spiro atoms. The Morgan fingerprint density at radius 2 is 1.69 bits per heavy atom. The molecule has 1 N–H and O–H groups in total. The molecule has 0 saturated heterocycles. The maximum atomic E-state index is 13.0. The zero-order valence-corrected chi connectivity index (χ0v) is 9.99. The molecule has 1 nitrogen and oxygen atoms in total. The van der Waals surface area contributed by atoms with Crippen LogP contribution < -0.4 is 0 Å². The summed E-state index contributed by atoms with van der Waals surface area (Å²) in [6.45, 7) is 0. The molecule has 82 valence electrons. The van der Waals surface area contributed by atoms with Gasteiger partial charge in [0.05, 0.1) is 4.47 Å². The molecule has 2 aromatic rings. The van der Waals surface area contributed by atoms with Crippen LogP contribution in [-0.2, 0) is 0 Å². The largest absolute Gasteiger partial charge is 0.384 e. The molecule has 0 bridgehead atoms. The first-order chi connectivity index (χ1) is 7.68. The highest BCUT2D eigenvalue weighted by Gasteiger charge is 2.11. The fourth-order valence-corrected chi connectivity index (χ4v) is 1.91. The SMILES string of the molecule is O[C@H](c1ccccc1)c1ccc(F)c(Br)c1. The maximum absolute atomic E-state index is 13.0. The molecule has 3 heteroatoms. The predicted octanol–water partition coefficient (Wildman–Crippen LogP) is 3.67. The van der Waals surface area contributed by atoms with Crippen LogP contribution in [0.3, 0.4) is 0 Å². The minimum Gasteiger partial charge on any atom is -0.384 e. The van der Waals surface area contributed by atoms with E-state index in [9.17, 15) is 9.50 Å². The molecule has 2 rings (SSSR count). The van der Waals surface area contributed by atoms with Gasteiger partial charge in [-0.05, 0) is 39.2 Å². The second-order valence-electron chi connectivity index (χ2n) is 3.49. The lowest BCUT2D eigenvalue weighted by Crippen LogP contribution is -1.99. The molecule has 0 amide bonds. The Hall–Kier alpha value is -1.19. The van der Waals surface area contributed by atoms with E-state index in [1.807, 2.05) is 30.3 Å². The number of hydrogen-bond acceptors (Lipinski definition) is 1. The van der Waals surface area contributed by atoms with Crippen LogP contribution in [0.4, 0.5) is 4.39 Å². The molecule has 0 aromatic heterocycles. The summed E-state index contributed by atoms with van der Waals surface area (Å²) in [5.41, 5.74) is 1.46. The monoisotopic (exact) mass is 280 g/mol. The molecule has 0 fully saturated rings. The highest BCUT2D eigenvalue weighted by Crippen LogP contribution is 2.25. The molecule has 0 heterocycles. The van der Waals surface area contributed by atoms with Gasteiger partial charge in [0.1, 0.15) is 11.9 Å². The molecular weight excluding hydrogens is 271 g/mol. The lowest BCUT2D eigenvalue weighted by Gasteiger charge is -2.11. The normalized spacial score (nSPS) is 12.4. The summed E-state index contributed by atoms with van der Waals surface area (Å²) in [6.07, 6.45) is -0.724. The van der Waals surface area contributed by atoms with E-state index in [1.165, 1.54) is 6.07 Å². The highest BCUT2D eigenvalue weighted by molar-refractivity contribution is 9.10. The summed E-state index contributed by atoms with van der Waals surface area (Å²) < 4.78 is 13.4. The van der Waals surface area contributed by atoms with E-state index >= 15 is 0 Å². The Kier molecular flexibility index (Phi) is 3.36. The van der Waals surface area contributed by atoms with Crippen LogP contribution in [0.2, 0.25) is 0 Å². The van der Waals surface area contributed by atoms with Gasteiger partial charge in [0.15, 0.2) is 0 Å². The average molecular weight is 281 g/mol. The zero-order chi connectivity index (χ0) is 11.5. The van der Waals surface area contributed by atoms with Gasteiger partial charge in [-0.2, -0.15) is 0 Å². The van der Waals surface area contributed by atoms with Crippen LogP contribution in [0.25, 0.3) is 0 Å². The van der Waals surface area contributed by atoms with Gasteiger partial charge >= 0.3 is 0 Å². The molecular formula is C13H10BrFO. The summed E-state index contributed by atoms with van der Waals surface area (Å²) in [7, 11) is 0. The van der Waals surface area contributed by atoms with Crippen molar-refractivity contribution in [3.8, 4) is 0 Å². The minimum absolute atomic E-state index is 0.330. The first-order valence-electron chi connectivity index (χ1n) is 4.86. The number of rotatable bonds is 2. The Labute approximate surface area is 102 Å². The van der Waals surface area contributed by atoms with Crippen LogP contribution in [0.5, 0.6) is 0 Å². The van der Waals surface area contributed by atoms with Crippen molar-refractivity contribution in [1.82, 2.24) is 0 Å². The number of aliphatic hydroxyl groups is 1. The summed E-state index contributed by atoms with van der Waals surface area (Å²) in [4.78, 5) is 0. The van der Waals surface area contributed by atoms with Gasteiger partial charge in [-0.15, -0.1) is 0 Å². The van der Waals surface area contributed by atoms with E-state index in [0.717, 1.165) is 5.56 Å². The van der Waals surface area contributed by atoms with Gasteiger partial charge in [-0.25, -0.2) is 4.39 Å². The summed E-state index contributed by atoms with van der Waals surface area (Å²) in [5.74, 6) is -0.330. The van der Waals surface area contributed by atoms with E-state index in [1.54, 1.807) is 12.1 Å². The van der Waals surface area contributed by atoms with Crippen molar-refractivity contribution in [2.45, 2.75) is 6.10 Å². The third-order valence-corrected chi connectivity index (χ3v) is 2.98. The summed E-state index contributed by atoms with van der Waals surface area (Å²) in [6, 6.07) is 13.8. The van der Waals surface area contributed by atoms with Gasteiger partial charge in [0.25, 0.3) is 0 Å². The molecule has 2 aromatic carbocycles. The predicted molar refractivity (Wildman–Crippen MR) is 64.6 cm³/mol. The van der Waals surface area contributed by atoms with Gasteiger partial charge in [0, 0.05) is 0 Å². The van der Waals surface area contributed by atoms with Crippen molar-refractivity contribution < 1.29 is 9.50 Å². The molecule has 0 unspecified atom stereocenters. The standard InChI is InChI=1S/C13H10BrFO/c14-11-8-10(6-7-12(11)15)13(16)9-4-2-1-3-5-9/h1-8,13,16H/t13-/m1/s1. The Morgan fingerprint density at radius 3 is 2.31 bits per heavy atom. The first kappa shape index (κ1) is 11.3. The molecule has 16 heavy (non-hydrogen) atoms. The van der Waals surface area contributed by atoms with Crippen molar-refractivity contribution in [2.24, 2.45) is 0 Å². The summed E-state index contributed by atoms with van der Waals surface area (Å²) in [5, 5.41) is 10.1. The maximum Gasteiger partial charge on any atom is 0.137 e. The highest BCUT2D eigenvalue weighted by atomic mass is 79.9. The topological polar surface area (TPSA) is 20.2 Å². The van der Waals surface area contributed by atoms with E-state index < -0.39 is 6.10 Å². The summed E-state index contributed by atoms with van der Waals surface area (Å²) >= 11 is 3.10. The third kappa shape index (κ3) is 2.31. The third-order valence-electron chi connectivity index (χ3n) is 2.37. The van der Waals surface area contributed by atoms with Crippen molar-refractivity contribution in [1.29, 1.82) is 0 Å². The molecule has 0 aliphatic rings. The van der Waals surface area contributed by atoms with Crippen molar-refractivity contribution in [2.75, 3.05) is 0 Å². The van der Waals surface area contributed by atoms with Crippen LogP contribution in [0.1, 0.15) is 17.2 Å². The quantitative estimate of drug-likeness (QED) is 0.890. The van der Waals surface area contributed by atoms with Crippen molar-refractivity contribution >= 4 is 15.9 Å². The fourth-order valence-electron chi connectivity index (χ4n) is 1.51. The minimum atomic E-state index is -0.724. The fraction of sp³-hybridized carbons (Fsp3) is 0.0769. The van der Waals surface area contributed by atoms with E-state index in [-0.39, 0.29) is 5.82 Å². The number of benzene rings is 2. The number of hydrogen-bond donors (Lipinski definition) is 1. The van der Waals surface area contributed by atoms with Crippen LogP contribution >= 0.6 is 15.9 Å². The average Bonchev–Trinajstić information content (AvgIpc) is 2.33. The number of halogens is 2. The molecule has 0 aliphatic heterocycles. The van der Waals surface area contributed by atoms with E-state index in [0.29, 0.717) is 10.0 Å². The van der Waals surface area contributed by atoms with Crippen molar-refractivity contribution in [3.63, 3.8) is 0 Å². The molecule has 0 saturated carbocycles. The zero-order valence-electron chi connectivity index (χ0n) is 8.40. The van der Waals surface area contributed by atoms with Crippen LogP contribution in [0.15, 0.2) is 53.0 Å². The van der Waals surface area contributed by atoms with Crippen LogP contribution in [0, 0.1) is 5.82 Å². The van der Waals surface area contributed by atoms with Crippen LogP contribution in [-0.4, -0.2) is 5.11 Å². The van der Waals surface area contributed by atoms with Gasteiger partial charge in [0.2, 0.25) is 0 Å². The first-order valence-corrected chi connectivity index (χ1v) is 5.66. The van der Waals surface area contributed by atoms with Gasteiger partial charge in [-0.1, -0.05) is 36.4 Å². The second-order valence-corrected chi connectivity index (χ2v) is 4.34. The van der Waals surface area contributed by atoms with Gasteiger partial charge in [-0.3, -0.25) is 0 Å². The lowest BCUT2D eigenvalue weighted by molar-refractivity contribution is 0.220. The molecule has 0 radical (unpaired) electrons. The smallest absolute Gasteiger partial charge is 0.137 e. The Bertz CT molecular complexity index is 485.